The Labute approximate surface area is 125 Å². The van der Waals surface area contributed by atoms with Crippen LogP contribution in [0.2, 0.25) is 0 Å². The molecule has 118 valence electrons. The Kier molecular flexibility index (Phi) is 5.56. The summed E-state index contributed by atoms with van der Waals surface area (Å²) in [5.41, 5.74) is 2.84. The summed E-state index contributed by atoms with van der Waals surface area (Å²) in [6.45, 7) is 2.55. The fraction of sp³-hybridized carbons (Fsp3) is 0.625. The van der Waals surface area contributed by atoms with E-state index in [4.69, 9.17) is 15.3 Å². The van der Waals surface area contributed by atoms with E-state index in [9.17, 15) is 4.39 Å². The molecule has 1 aliphatic rings. The first-order valence-corrected chi connectivity index (χ1v) is 7.61. The molecule has 1 fully saturated rings. The molecule has 1 atom stereocenters. The molecule has 0 radical (unpaired) electrons. The van der Waals surface area contributed by atoms with Gasteiger partial charge in [-0.3, -0.25) is 5.84 Å². The third-order valence-corrected chi connectivity index (χ3v) is 4.35. The largest absolute Gasteiger partial charge is 0.494 e. The molecule has 1 unspecified atom stereocenters. The van der Waals surface area contributed by atoms with Gasteiger partial charge in [0.05, 0.1) is 18.8 Å². The summed E-state index contributed by atoms with van der Waals surface area (Å²) < 4.78 is 25.7. The molecule has 1 saturated carbocycles. The van der Waals surface area contributed by atoms with Crippen molar-refractivity contribution in [3.63, 3.8) is 0 Å². The summed E-state index contributed by atoms with van der Waals surface area (Å²) in [6, 6.07) is 4.76. The van der Waals surface area contributed by atoms with E-state index in [2.05, 4.69) is 5.43 Å². The van der Waals surface area contributed by atoms with Crippen LogP contribution in [0, 0.1) is 5.82 Å². The number of nitrogens with one attached hydrogen (secondary N) is 1. The standard InChI is InChI=1S/C16H25FN2O2/c1-3-21-16(10-5-4-6-11-16)15(19-18)12-8-7-9-13(20-2)14(12)17/h7-9,15,19H,3-6,10-11,18H2,1-2H3. The van der Waals surface area contributed by atoms with Crippen molar-refractivity contribution < 1.29 is 13.9 Å². The third-order valence-electron chi connectivity index (χ3n) is 4.35. The van der Waals surface area contributed by atoms with Gasteiger partial charge in [0.15, 0.2) is 11.6 Å². The highest BCUT2D eigenvalue weighted by molar-refractivity contribution is 5.34. The van der Waals surface area contributed by atoms with Crippen LogP contribution in [0.3, 0.4) is 0 Å². The van der Waals surface area contributed by atoms with E-state index in [-0.39, 0.29) is 17.6 Å². The molecule has 1 aromatic carbocycles. The van der Waals surface area contributed by atoms with Gasteiger partial charge in [-0.15, -0.1) is 0 Å². The number of nitrogens with two attached hydrogens (primary N) is 1. The molecular weight excluding hydrogens is 271 g/mol. The normalized spacial score (nSPS) is 19.2. The van der Waals surface area contributed by atoms with Crippen molar-refractivity contribution in [1.29, 1.82) is 0 Å². The number of methoxy groups -OCH3 is 1. The van der Waals surface area contributed by atoms with Crippen LogP contribution in [-0.2, 0) is 4.74 Å². The van der Waals surface area contributed by atoms with Gasteiger partial charge in [0.2, 0.25) is 0 Å². The summed E-state index contributed by atoms with van der Waals surface area (Å²) in [5.74, 6) is 5.64. The van der Waals surface area contributed by atoms with E-state index in [0.29, 0.717) is 12.2 Å². The predicted molar refractivity (Wildman–Crippen MR) is 80.5 cm³/mol. The SMILES string of the molecule is CCOC1(C(NN)c2cccc(OC)c2F)CCCCC1. The summed E-state index contributed by atoms with van der Waals surface area (Å²) in [4.78, 5) is 0. The van der Waals surface area contributed by atoms with Crippen molar-refractivity contribution >= 4 is 0 Å². The van der Waals surface area contributed by atoms with Gasteiger partial charge in [-0.25, -0.2) is 9.82 Å². The molecule has 0 amide bonds. The number of rotatable bonds is 6. The number of halogens is 1. The van der Waals surface area contributed by atoms with Gasteiger partial charge in [-0.1, -0.05) is 31.4 Å². The van der Waals surface area contributed by atoms with Gasteiger partial charge in [0.25, 0.3) is 0 Å². The van der Waals surface area contributed by atoms with Crippen LogP contribution in [-0.4, -0.2) is 19.3 Å². The van der Waals surface area contributed by atoms with Gasteiger partial charge in [0, 0.05) is 12.2 Å². The molecule has 1 aliphatic carbocycles. The zero-order chi connectivity index (χ0) is 15.3. The van der Waals surface area contributed by atoms with Crippen molar-refractivity contribution in [1.82, 2.24) is 5.43 Å². The maximum absolute atomic E-state index is 14.6. The molecule has 0 spiro atoms. The lowest BCUT2D eigenvalue weighted by Gasteiger charge is -2.43. The van der Waals surface area contributed by atoms with Crippen LogP contribution in [0.25, 0.3) is 0 Å². The number of hydrazine groups is 1. The minimum atomic E-state index is -0.449. The minimum Gasteiger partial charge on any atom is -0.494 e. The van der Waals surface area contributed by atoms with Crippen molar-refractivity contribution in [2.75, 3.05) is 13.7 Å². The van der Waals surface area contributed by atoms with Gasteiger partial charge in [-0.05, 0) is 25.8 Å². The Hall–Kier alpha value is -1.17. The molecule has 0 saturated heterocycles. The highest BCUT2D eigenvalue weighted by atomic mass is 19.1. The van der Waals surface area contributed by atoms with Crippen molar-refractivity contribution in [3.05, 3.63) is 29.6 Å². The molecule has 0 aliphatic heterocycles. The summed E-state index contributed by atoms with van der Waals surface area (Å²) in [5, 5.41) is 0. The van der Waals surface area contributed by atoms with E-state index in [0.717, 1.165) is 25.7 Å². The van der Waals surface area contributed by atoms with Crippen LogP contribution in [0.1, 0.15) is 50.6 Å². The summed E-state index contributed by atoms with van der Waals surface area (Å²) >= 11 is 0. The predicted octanol–water partition coefficient (Wildman–Crippen LogP) is 3.08. The Morgan fingerprint density at radius 3 is 2.62 bits per heavy atom. The average molecular weight is 296 g/mol. The van der Waals surface area contributed by atoms with E-state index >= 15 is 0 Å². The van der Waals surface area contributed by atoms with Crippen molar-refractivity contribution in [2.45, 2.75) is 50.7 Å². The zero-order valence-corrected chi connectivity index (χ0v) is 12.8. The van der Waals surface area contributed by atoms with Crippen molar-refractivity contribution in [3.8, 4) is 5.75 Å². The number of hydrogen-bond acceptors (Lipinski definition) is 4. The molecular formula is C16H25FN2O2. The maximum Gasteiger partial charge on any atom is 0.169 e. The minimum absolute atomic E-state index is 0.232. The lowest BCUT2D eigenvalue weighted by atomic mass is 9.76. The van der Waals surface area contributed by atoms with Gasteiger partial charge in [-0.2, -0.15) is 0 Å². The second-order valence-electron chi connectivity index (χ2n) is 5.52. The Bertz CT molecular complexity index is 456. The highest BCUT2D eigenvalue weighted by Crippen LogP contribution is 2.42. The monoisotopic (exact) mass is 296 g/mol. The lowest BCUT2D eigenvalue weighted by molar-refractivity contribution is -0.0920. The molecule has 0 heterocycles. The van der Waals surface area contributed by atoms with Crippen LogP contribution in [0.5, 0.6) is 5.75 Å². The number of ether oxygens (including phenoxy) is 2. The second-order valence-corrected chi connectivity index (χ2v) is 5.52. The molecule has 21 heavy (non-hydrogen) atoms. The van der Waals surface area contributed by atoms with E-state index < -0.39 is 5.60 Å². The van der Waals surface area contributed by atoms with Gasteiger partial charge >= 0.3 is 0 Å². The first kappa shape index (κ1) is 16.2. The van der Waals surface area contributed by atoms with Gasteiger partial charge < -0.3 is 9.47 Å². The smallest absolute Gasteiger partial charge is 0.169 e. The summed E-state index contributed by atoms with van der Waals surface area (Å²) in [6.07, 6.45) is 5.10. The molecule has 0 bridgehead atoms. The maximum atomic E-state index is 14.6. The van der Waals surface area contributed by atoms with Gasteiger partial charge in [0.1, 0.15) is 0 Å². The summed E-state index contributed by atoms with van der Waals surface area (Å²) in [7, 11) is 1.46. The molecule has 1 aromatic rings. The zero-order valence-electron chi connectivity index (χ0n) is 12.8. The fourth-order valence-corrected chi connectivity index (χ4v) is 3.39. The highest BCUT2D eigenvalue weighted by Gasteiger charge is 2.42. The number of hydrogen-bond donors (Lipinski definition) is 2. The second kappa shape index (κ2) is 7.20. The molecule has 4 nitrogen and oxygen atoms in total. The van der Waals surface area contributed by atoms with Crippen LogP contribution in [0.15, 0.2) is 18.2 Å². The quantitative estimate of drug-likeness (QED) is 0.625. The average Bonchev–Trinajstić information content (AvgIpc) is 2.51. The Morgan fingerprint density at radius 1 is 1.33 bits per heavy atom. The molecule has 5 heteroatoms. The first-order valence-electron chi connectivity index (χ1n) is 7.61. The van der Waals surface area contributed by atoms with E-state index in [1.54, 1.807) is 18.2 Å². The van der Waals surface area contributed by atoms with Crippen LogP contribution >= 0.6 is 0 Å². The third kappa shape index (κ3) is 3.20. The molecule has 3 N–H and O–H groups in total. The van der Waals surface area contributed by atoms with Crippen LogP contribution < -0.4 is 16.0 Å². The van der Waals surface area contributed by atoms with Crippen molar-refractivity contribution in [2.24, 2.45) is 5.84 Å². The molecule has 2 rings (SSSR count). The Balaban J connectivity index is 2.41. The molecule has 0 aromatic heterocycles. The lowest BCUT2D eigenvalue weighted by Crippen LogP contribution is -2.50. The van der Waals surface area contributed by atoms with Crippen LogP contribution in [0.4, 0.5) is 4.39 Å². The topological polar surface area (TPSA) is 56.5 Å². The van der Waals surface area contributed by atoms with E-state index in [1.165, 1.54) is 13.5 Å². The fourth-order valence-electron chi connectivity index (χ4n) is 3.39. The number of benzene rings is 1. The first-order chi connectivity index (χ1) is 10.2. The van der Waals surface area contributed by atoms with E-state index in [1.807, 2.05) is 6.92 Å². The Morgan fingerprint density at radius 2 is 2.05 bits per heavy atom.